The molecule has 0 amide bonds. The van der Waals surface area contributed by atoms with Crippen molar-refractivity contribution in [3.8, 4) is 0 Å². The van der Waals surface area contributed by atoms with Gasteiger partial charge < -0.3 is 10.1 Å². The highest BCUT2D eigenvalue weighted by Crippen LogP contribution is 2.17. The first-order valence-corrected chi connectivity index (χ1v) is 11.0. The van der Waals surface area contributed by atoms with Crippen molar-refractivity contribution in [2.24, 2.45) is 0 Å². The maximum Gasteiger partial charge on any atom is 0.0826 e. The molecule has 1 aromatic rings. The lowest BCUT2D eigenvalue weighted by Gasteiger charge is -2.25. The van der Waals surface area contributed by atoms with Crippen LogP contribution in [-0.2, 0) is 11.3 Å². The summed E-state index contributed by atoms with van der Waals surface area (Å²) in [5, 5.41) is 3.75. The number of ether oxygens (including phenoxy) is 1. The first-order chi connectivity index (χ1) is 11.4. The Hall–Kier alpha value is -0.200. The first-order valence-electron chi connectivity index (χ1n) is 8.67. The lowest BCUT2D eigenvalue weighted by atomic mass is 10.2. The smallest absolute Gasteiger partial charge is 0.0826 e. The second kappa shape index (κ2) is 9.94. The molecule has 0 radical (unpaired) electrons. The van der Waals surface area contributed by atoms with Crippen LogP contribution in [0.4, 0.5) is 0 Å². The fourth-order valence-corrected chi connectivity index (χ4v) is 5.58. The predicted molar refractivity (Wildman–Crippen MR) is 103 cm³/mol. The third-order valence-electron chi connectivity index (χ3n) is 4.33. The van der Waals surface area contributed by atoms with Crippen molar-refractivity contribution in [3.05, 3.63) is 35.9 Å². The van der Waals surface area contributed by atoms with Gasteiger partial charge in [0, 0.05) is 61.8 Å². The van der Waals surface area contributed by atoms with Gasteiger partial charge in [-0.1, -0.05) is 30.3 Å². The van der Waals surface area contributed by atoms with Crippen LogP contribution in [0.2, 0.25) is 0 Å². The summed E-state index contributed by atoms with van der Waals surface area (Å²) in [5.41, 5.74) is 1.40. The average molecular weight is 353 g/mol. The van der Waals surface area contributed by atoms with Gasteiger partial charge in [-0.3, -0.25) is 4.90 Å². The van der Waals surface area contributed by atoms with Crippen LogP contribution in [0.1, 0.15) is 12.0 Å². The molecule has 0 aromatic heterocycles. The minimum absolute atomic E-state index is 0.319. The molecule has 128 valence electrons. The average Bonchev–Trinajstić information content (AvgIpc) is 2.97. The summed E-state index contributed by atoms with van der Waals surface area (Å²) in [7, 11) is 0. The monoisotopic (exact) mass is 352 g/mol. The molecule has 0 saturated carbocycles. The van der Waals surface area contributed by atoms with Crippen LogP contribution < -0.4 is 5.32 Å². The highest BCUT2D eigenvalue weighted by atomic mass is 32.2. The first kappa shape index (κ1) is 17.6. The van der Waals surface area contributed by atoms with Gasteiger partial charge in [-0.15, -0.1) is 0 Å². The molecule has 0 aliphatic carbocycles. The zero-order valence-corrected chi connectivity index (χ0v) is 15.4. The van der Waals surface area contributed by atoms with Crippen molar-refractivity contribution >= 4 is 23.5 Å². The highest BCUT2D eigenvalue weighted by molar-refractivity contribution is 8.03. The zero-order chi connectivity index (χ0) is 15.7. The summed E-state index contributed by atoms with van der Waals surface area (Å²) in [6.07, 6.45) is 1.46. The van der Waals surface area contributed by atoms with Gasteiger partial charge in [-0.25, -0.2) is 0 Å². The van der Waals surface area contributed by atoms with E-state index in [2.05, 4.69) is 64.1 Å². The van der Waals surface area contributed by atoms with Gasteiger partial charge in [-0.05, 0) is 12.0 Å². The molecule has 1 atom stereocenters. The molecular weight excluding hydrogens is 324 g/mol. The third kappa shape index (κ3) is 6.31. The summed E-state index contributed by atoms with van der Waals surface area (Å²) < 4.78 is 6.08. The van der Waals surface area contributed by atoms with E-state index in [1.807, 2.05) is 0 Å². The third-order valence-corrected chi connectivity index (χ3v) is 6.85. The molecule has 3 nitrogen and oxygen atoms in total. The molecular formula is C18H28N2OS2. The Kier molecular flexibility index (Phi) is 7.62. The van der Waals surface area contributed by atoms with E-state index in [0.717, 1.165) is 39.2 Å². The van der Waals surface area contributed by atoms with Gasteiger partial charge in [0.2, 0.25) is 0 Å². The second-order valence-electron chi connectivity index (χ2n) is 6.32. The van der Waals surface area contributed by atoms with Crippen molar-refractivity contribution in [1.29, 1.82) is 0 Å². The summed E-state index contributed by atoms with van der Waals surface area (Å²) in [6.45, 7) is 5.09. The van der Waals surface area contributed by atoms with E-state index < -0.39 is 0 Å². The van der Waals surface area contributed by atoms with Gasteiger partial charge in [0.25, 0.3) is 0 Å². The molecule has 0 spiro atoms. The molecule has 2 heterocycles. The second-order valence-corrected chi connectivity index (χ2v) is 8.62. The lowest BCUT2D eigenvalue weighted by Crippen LogP contribution is -2.43. The number of thioether (sulfide) groups is 2. The number of benzene rings is 1. The number of nitrogens with one attached hydrogen (secondary N) is 1. The van der Waals surface area contributed by atoms with Crippen molar-refractivity contribution in [3.63, 3.8) is 0 Å². The molecule has 1 aromatic carbocycles. The van der Waals surface area contributed by atoms with Crippen LogP contribution in [0.5, 0.6) is 0 Å². The SMILES string of the molecule is c1ccc(CN2CCCOC(CNC3CSCCSC3)C2)cc1. The largest absolute Gasteiger partial charge is 0.376 e. The van der Waals surface area contributed by atoms with Crippen LogP contribution in [0, 0.1) is 0 Å². The Labute approximate surface area is 148 Å². The van der Waals surface area contributed by atoms with Gasteiger partial charge >= 0.3 is 0 Å². The fourth-order valence-electron chi connectivity index (χ4n) is 3.11. The summed E-state index contributed by atoms with van der Waals surface area (Å²) in [4.78, 5) is 2.55. The Morgan fingerprint density at radius 2 is 1.91 bits per heavy atom. The topological polar surface area (TPSA) is 24.5 Å². The summed E-state index contributed by atoms with van der Waals surface area (Å²) >= 11 is 4.16. The fraction of sp³-hybridized carbons (Fsp3) is 0.667. The number of hydrogen-bond acceptors (Lipinski definition) is 5. The number of nitrogens with zero attached hydrogens (tertiary/aromatic N) is 1. The van der Waals surface area contributed by atoms with E-state index in [1.165, 1.54) is 28.6 Å². The minimum Gasteiger partial charge on any atom is -0.376 e. The molecule has 3 rings (SSSR count). The van der Waals surface area contributed by atoms with Crippen LogP contribution in [-0.4, -0.2) is 66.3 Å². The van der Waals surface area contributed by atoms with Crippen LogP contribution in [0.25, 0.3) is 0 Å². The lowest BCUT2D eigenvalue weighted by molar-refractivity contribution is 0.0524. The molecule has 2 saturated heterocycles. The standard InChI is InChI=1S/C18H28N2OS2/c1-2-5-16(6-3-1)12-20-7-4-8-21-18(13-20)11-19-17-14-22-9-10-23-15-17/h1-3,5-6,17-19H,4,7-15H2. The zero-order valence-electron chi connectivity index (χ0n) is 13.8. The van der Waals surface area contributed by atoms with Crippen molar-refractivity contribution in [2.45, 2.75) is 25.1 Å². The number of rotatable bonds is 5. The Balaban J connectivity index is 1.46. The Bertz CT molecular complexity index is 438. The molecule has 23 heavy (non-hydrogen) atoms. The quantitative estimate of drug-likeness (QED) is 0.878. The maximum absolute atomic E-state index is 6.08. The molecule has 5 heteroatoms. The molecule has 1 N–H and O–H groups in total. The van der Waals surface area contributed by atoms with Gasteiger partial charge in [0.05, 0.1) is 6.10 Å². The summed E-state index contributed by atoms with van der Waals surface area (Å²) in [5.74, 6) is 5.09. The van der Waals surface area contributed by atoms with Gasteiger partial charge in [-0.2, -0.15) is 23.5 Å². The molecule has 2 aliphatic heterocycles. The van der Waals surface area contributed by atoms with Crippen molar-refractivity contribution in [1.82, 2.24) is 10.2 Å². The molecule has 1 unspecified atom stereocenters. The van der Waals surface area contributed by atoms with Crippen molar-refractivity contribution in [2.75, 3.05) is 49.3 Å². The number of hydrogen-bond donors (Lipinski definition) is 1. The predicted octanol–water partition coefficient (Wildman–Crippen LogP) is 2.72. The van der Waals surface area contributed by atoms with E-state index in [4.69, 9.17) is 4.74 Å². The normalized spacial score (nSPS) is 25.0. The van der Waals surface area contributed by atoms with Crippen molar-refractivity contribution < 1.29 is 4.74 Å². The van der Waals surface area contributed by atoms with E-state index in [1.54, 1.807) is 0 Å². The molecule has 2 aliphatic rings. The summed E-state index contributed by atoms with van der Waals surface area (Å²) in [6, 6.07) is 11.4. The van der Waals surface area contributed by atoms with Gasteiger partial charge in [0.15, 0.2) is 0 Å². The van der Waals surface area contributed by atoms with E-state index in [9.17, 15) is 0 Å². The van der Waals surface area contributed by atoms with E-state index in [0.29, 0.717) is 12.1 Å². The van der Waals surface area contributed by atoms with Crippen LogP contribution in [0.15, 0.2) is 30.3 Å². The Morgan fingerprint density at radius 3 is 2.70 bits per heavy atom. The highest BCUT2D eigenvalue weighted by Gasteiger charge is 2.20. The molecule has 0 bridgehead atoms. The molecule has 2 fully saturated rings. The van der Waals surface area contributed by atoms with Crippen LogP contribution >= 0.6 is 23.5 Å². The maximum atomic E-state index is 6.08. The Morgan fingerprint density at radius 1 is 1.13 bits per heavy atom. The minimum atomic E-state index is 0.319. The van der Waals surface area contributed by atoms with Gasteiger partial charge in [0.1, 0.15) is 0 Å². The van der Waals surface area contributed by atoms with E-state index in [-0.39, 0.29) is 0 Å². The van der Waals surface area contributed by atoms with Crippen LogP contribution in [0.3, 0.4) is 0 Å². The van der Waals surface area contributed by atoms with E-state index >= 15 is 0 Å².